The molecule has 0 aliphatic rings. The summed E-state index contributed by atoms with van der Waals surface area (Å²) in [6.45, 7) is 0. The molecule has 0 unspecified atom stereocenters. The predicted molar refractivity (Wildman–Crippen MR) is 101 cm³/mol. The highest BCUT2D eigenvalue weighted by molar-refractivity contribution is 7.99. The van der Waals surface area contributed by atoms with E-state index in [0.29, 0.717) is 26.4 Å². The summed E-state index contributed by atoms with van der Waals surface area (Å²) < 4.78 is 0. The molecule has 0 aliphatic carbocycles. The van der Waals surface area contributed by atoms with Crippen LogP contribution in [0.25, 0.3) is 22.1 Å². The molecule has 4 aromatic rings. The van der Waals surface area contributed by atoms with Gasteiger partial charge in [0.2, 0.25) is 5.16 Å². The summed E-state index contributed by atoms with van der Waals surface area (Å²) in [5.41, 5.74) is 2.83. The number of carbonyl (C=O) groups is 1. The first-order valence-corrected chi connectivity index (χ1v) is 9.08. The van der Waals surface area contributed by atoms with E-state index in [1.54, 1.807) is 18.2 Å². The van der Waals surface area contributed by atoms with Crippen molar-refractivity contribution in [3.63, 3.8) is 0 Å². The third-order valence-electron chi connectivity index (χ3n) is 3.68. The van der Waals surface area contributed by atoms with Crippen LogP contribution in [0.15, 0.2) is 47.6 Å². The first kappa shape index (κ1) is 16.3. The molecule has 1 N–H and O–H groups in total. The third-order valence-corrected chi connectivity index (χ3v) is 5.25. The molecule has 0 amide bonds. The molecule has 4 rings (SSSR count). The van der Waals surface area contributed by atoms with Crippen molar-refractivity contribution in [2.75, 3.05) is 5.75 Å². The molecule has 5 nitrogen and oxygen atoms in total. The zero-order valence-electron chi connectivity index (χ0n) is 12.7. The number of ketones is 1. The number of hydrogen-bond donors (Lipinski definition) is 1. The Balaban J connectivity index is 1.55. The Kier molecular flexibility index (Phi) is 4.33. The molecule has 8 heteroatoms. The average Bonchev–Trinajstić information content (AvgIpc) is 2.99. The standard InChI is InChI=1S/C17H10Cl2N4OS/c18-11-6-5-9(7-12(11)19)14(24)8-25-17-21-16-15(22-23-17)10-3-1-2-4-13(10)20-16/h1-7H,8H2,(H,20,21,23). The van der Waals surface area contributed by atoms with Crippen molar-refractivity contribution in [2.24, 2.45) is 0 Å². The lowest BCUT2D eigenvalue weighted by atomic mass is 10.1. The maximum absolute atomic E-state index is 12.3. The molecular formula is C17H10Cl2N4OS. The van der Waals surface area contributed by atoms with Gasteiger partial charge in [0, 0.05) is 16.5 Å². The van der Waals surface area contributed by atoms with Crippen LogP contribution >= 0.6 is 35.0 Å². The quantitative estimate of drug-likeness (QED) is 0.402. The molecule has 0 spiro atoms. The zero-order valence-corrected chi connectivity index (χ0v) is 15.0. The number of nitrogens with zero attached hydrogens (tertiary/aromatic N) is 3. The van der Waals surface area contributed by atoms with Crippen LogP contribution in [0.5, 0.6) is 0 Å². The van der Waals surface area contributed by atoms with Crippen LogP contribution in [-0.2, 0) is 0 Å². The lowest BCUT2D eigenvalue weighted by molar-refractivity contribution is 0.102. The van der Waals surface area contributed by atoms with Crippen LogP contribution in [0.4, 0.5) is 0 Å². The van der Waals surface area contributed by atoms with Crippen molar-refractivity contribution in [3.05, 3.63) is 58.1 Å². The maximum Gasteiger partial charge on any atom is 0.211 e. The van der Waals surface area contributed by atoms with E-state index in [2.05, 4.69) is 20.2 Å². The molecule has 0 radical (unpaired) electrons. The van der Waals surface area contributed by atoms with Crippen LogP contribution in [0, 0.1) is 0 Å². The summed E-state index contributed by atoms with van der Waals surface area (Å²) in [5, 5.41) is 10.5. The van der Waals surface area contributed by atoms with Gasteiger partial charge in [-0.05, 0) is 24.3 Å². The van der Waals surface area contributed by atoms with Crippen LogP contribution in [0.2, 0.25) is 10.0 Å². The molecule has 2 aromatic carbocycles. The minimum absolute atomic E-state index is 0.0797. The summed E-state index contributed by atoms with van der Waals surface area (Å²) in [7, 11) is 0. The van der Waals surface area contributed by atoms with Gasteiger partial charge in [0.1, 0.15) is 5.52 Å². The second-order valence-corrected chi connectivity index (χ2v) is 7.06. The van der Waals surface area contributed by atoms with E-state index < -0.39 is 0 Å². The molecule has 0 saturated carbocycles. The number of nitrogens with one attached hydrogen (secondary N) is 1. The van der Waals surface area contributed by atoms with E-state index in [1.165, 1.54) is 11.8 Å². The van der Waals surface area contributed by atoms with Gasteiger partial charge in [-0.25, -0.2) is 4.98 Å². The number of benzene rings is 2. The molecule has 0 fully saturated rings. The van der Waals surface area contributed by atoms with Gasteiger partial charge in [-0.2, -0.15) is 0 Å². The Labute approximate surface area is 156 Å². The lowest BCUT2D eigenvalue weighted by Crippen LogP contribution is -2.03. The van der Waals surface area contributed by atoms with Crippen molar-refractivity contribution in [1.29, 1.82) is 0 Å². The van der Waals surface area contributed by atoms with Crippen LogP contribution in [0.1, 0.15) is 10.4 Å². The van der Waals surface area contributed by atoms with Crippen LogP contribution < -0.4 is 0 Å². The lowest BCUT2D eigenvalue weighted by Gasteiger charge is -2.02. The first-order chi connectivity index (χ1) is 12.1. The van der Waals surface area contributed by atoms with Gasteiger partial charge >= 0.3 is 0 Å². The molecule has 0 bridgehead atoms. The Bertz CT molecular complexity index is 1110. The maximum atomic E-state index is 12.3. The van der Waals surface area contributed by atoms with Crippen molar-refractivity contribution in [3.8, 4) is 0 Å². The first-order valence-electron chi connectivity index (χ1n) is 7.34. The van der Waals surface area contributed by atoms with Gasteiger partial charge < -0.3 is 4.98 Å². The highest BCUT2D eigenvalue weighted by Crippen LogP contribution is 2.25. The summed E-state index contributed by atoms with van der Waals surface area (Å²) in [6, 6.07) is 12.6. The second-order valence-electron chi connectivity index (χ2n) is 5.30. The monoisotopic (exact) mass is 388 g/mol. The number of rotatable bonds is 4. The summed E-state index contributed by atoms with van der Waals surface area (Å²) in [5.74, 6) is 0.106. The van der Waals surface area contributed by atoms with Crippen molar-refractivity contribution >= 4 is 62.8 Å². The van der Waals surface area contributed by atoms with E-state index in [-0.39, 0.29) is 11.5 Å². The molecule has 0 aliphatic heterocycles. The highest BCUT2D eigenvalue weighted by atomic mass is 35.5. The van der Waals surface area contributed by atoms with Gasteiger partial charge in [0.15, 0.2) is 11.4 Å². The minimum Gasteiger partial charge on any atom is -0.338 e. The normalized spacial score (nSPS) is 11.3. The van der Waals surface area contributed by atoms with Crippen molar-refractivity contribution < 1.29 is 4.79 Å². The number of fused-ring (bicyclic) bond motifs is 3. The van der Waals surface area contributed by atoms with Gasteiger partial charge in [-0.15, -0.1) is 10.2 Å². The number of aromatic nitrogens is 4. The number of thioether (sulfide) groups is 1. The number of hydrogen-bond acceptors (Lipinski definition) is 5. The van der Waals surface area contributed by atoms with Crippen LogP contribution in [0.3, 0.4) is 0 Å². The Hall–Kier alpha value is -2.15. The fourth-order valence-corrected chi connectivity index (χ4v) is 3.43. The summed E-state index contributed by atoms with van der Waals surface area (Å²) >= 11 is 13.0. The van der Waals surface area contributed by atoms with Gasteiger partial charge in [0.25, 0.3) is 0 Å². The average molecular weight is 389 g/mol. The van der Waals surface area contributed by atoms with Crippen molar-refractivity contribution in [2.45, 2.75) is 5.16 Å². The zero-order chi connectivity index (χ0) is 17.4. The van der Waals surface area contributed by atoms with Crippen LogP contribution in [-0.4, -0.2) is 31.7 Å². The second kappa shape index (κ2) is 6.63. The summed E-state index contributed by atoms with van der Waals surface area (Å²) in [6.07, 6.45) is 0. The fraction of sp³-hybridized carbons (Fsp3) is 0.0588. The molecule has 2 aromatic heterocycles. The molecule has 25 heavy (non-hydrogen) atoms. The Morgan fingerprint density at radius 1 is 1.08 bits per heavy atom. The van der Waals surface area contributed by atoms with Gasteiger partial charge in [0.05, 0.1) is 15.8 Å². The van der Waals surface area contributed by atoms with E-state index in [0.717, 1.165) is 16.4 Å². The SMILES string of the molecule is O=C(CSc1nnc2c(n1)[nH]c1ccccc12)c1ccc(Cl)c(Cl)c1. The molecule has 2 heterocycles. The number of carbonyl (C=O) groups excluding carboxylic acids is 1. The Morgan fingerprint density at radius 2 is 1.92 bits per heavy atom. The topological polar surface area (TPSA) is 71.5 Å². The number of halogens is 2. The third kappa shape index (κ3) is 3.20. The molecular weight excluding hydrogens is 379 g/mol. The van der Waals surface area contributed by atoms with E-state index in [9.17, 15) is 4.79 Å². The number of para-hydroxylation sites is 1. The Morgan fingerprint density at radius 3 is 2.76 bits per heavy atom. The molecule has 124 valence electrons. The highest BCUT2D eigenvalue weighted by Gasteiger charge is 2.12. The summed E-state index contributed by atoms with van der Waals surface area (Å²) in [4.78, 5) is 19.9. The minimum atomic E-state index is -0.0797. The van der Waals surface area contributed by atoms with E-state index >= 15 is 0 Å². The fourth-order valence-electron chi connectivity index (χ4n) is 2.45. The predicted octanol–water partition coefficient (Wildman–Crippen LogP) is 4.79. The number of Topliss-reactive ketones (excluding diaryl/α,β-unsaturated/α-hetero) is 1. The number of aromatic amines is 1. The van der Waals surface area contributed by atoms with Gasteiger partial charge in [-0.3, -0.25) is 4.79 Å². The largest absolute Gasteiger partial charge is 0.338 e. The van der Waals surface area contributed by atoms with Crippen molar-refractivity contribution in [1.82, 2.24) is 20.2 Å². The molecule has 0 saturated heterocycles. The molecule has 0 atom stereocenters. The van der Waals surface area contributed by atoms with E-state index in [4.69, 9.17) is 23.2 Å². The van der Waals surface area contributed by atoms with Gasteiger partial charge in [-0.1, -0.05) is 53.2 Å². The number of H-pyrrole nitrogens is 1. The smallest absolute Gasteiger partial charge is 0.211 e. The van der Waals surface area contributed by atoms with E-state index in [1.807, 2.05) is 24.3 Å².